The predicted octanol–water partition coefficient (Wildman–Crippen LogP) is 1.62. The Kier molecular flexibility index (Phi) is 5.88. The zero-order valence-corrected chi connectivity index (χ0v) is 14.4. The average molecular weight is 348 g/mol. The number of benzene rings is 1. The van der Waals surface area contributed by atoms with Crippen molar-refractivity contribution in [3.8, 4) is 5.75 Å². The lowest BCUT2D eigenvalue weighted by atomic mass is 10.1. The largest absolute Gasteiger partial charge is 0.497 e. The van der Waals surface area contributed by atoms with Crippen LogP contribution in [-0.4, -0.2) is 43.3 Å². The van der Waals surface area contributed by atoms with Gasteiger partial charge in [0.1, 0.15) is 5.75 Å². The number of rotatable bonds is 6. The highest BCUT2D eigenvalue weighted by Gasteiger charge is 2.34. The lowest BCUT2D eigenvalue weighted by Crippen LogP contribution is -2.37. The quantitative estimate of drug-likeness (QED) is 0.791. The molecule has 2 atom stereocenters. The Labute approximate surface area is 147 Å². The highest BCUT2D eigenvalue weighted by atomic mass is 16.8. The van der Waals surface area contributed by atoms with Gasteiger partial charge in [-0.15, -0.1) is 0 Å². The van der Waals surface area contributed by atoms with E-state index < -0.39 is 5.92 Å². The minimum Gasteiger partial charge on any atom is -0.497 e. The van der Waals surface area contributed by atoms with Crippen molar-refractivity contribution in [2.75, 3.05) is 20.3 Å². The lowest BCUT2D eigenvalue weighted by Gasteiger charge is -2.23. The Morgan fingerprint density at radius 2 is 2.12 bits per heavy atom. The smallest absolute Gasteiger partial charge is 0.249 e. The van der Waals surface area contributed by atoms with Crippen molar-refractivity contribution in [3.05, 3.63) is 29.8 Å². The molecule has 2 heterocycles. The van der Waals surface area contributed by atoms with E-state index in [2.05, 4.69) is 5.48 Å². The average Bonchev–Trinajstić information content (AvgIpc) is 3.02. The van der Waals surface area contributed by atoms with E-state index in [9.17, 15) is 9.59 Å². The molecule has 7 nitrogen and oxygen atoms in total. The molecule has 2 saturated heterocycles. The minimum absolute atomic E-state index is 0.0233. The number of amides is 2. The molecule has 0 unspecified atom stereocenters. The summed E-state index contributed by atoms with van der Waals surface area (Å²) in [5.41, 5.74) is 3.46. The molecule has 136 valence electrons. The minimum atomic E-state index is -0.394. The highest BCUT2D eigenvalue weighted by Crippen LogP contribution is 2.22. The first-order chi connectivity index (χ1) is 12.2. The third kappa shape index (κ3) is 4.70. The highest BCUT2D eigenvalue weighted by molar-refractivity contribution is 5.88. The molecular formula is C18H24N2O5. The molecule has 0 aromatic heterocycles. The molecule has 1 aromatic carbocycles. The van der Waals surface area contributed by atoms with Crippen LogP contribution in [-0.2, 0) is 25.7 Å². The Balaban J connectivity index is 1.48. The van der Waals surface area contributed by atoms with Crippen LogP contribution in [0.1, 0.15) is 31.2 Å². The molecule has 0 aliphatic carbocycles. The third-order valence-corrected chi connectivity index (χ3v) is 4.55. The summed E-state index contributed by atoms with van der Waals surface area (Å²) in [6.07, 6.45) is 2.64. The SMILES string of the molecule is COc1ccc(CN2C[C@@H](C(=O)NO[C@@H]3CCCCO3)CC2=O)cc1. The molecule has 0 saturated carbocycles. The van der Waals surface area contributed by atoms with E-state index >= 15 is 0 Å². The first-order valence-corrected chi connectivity index (χ1v) is 8.63. The maximum absolute atomic E-state index is 12.2. The van der Waals surface area contributed by atoms with Crippen molar-refractivity contribution in [2.24, 2.45) is 5.92 Å². The second kappa shape index (κ2) is 8.31. The fraction of sp³-hybridized carbons (Fsp3) is 0.556. The van der Waals surface area contributed by atoms with E-state index in [0.717, 1.165) is 30.6 Å². The number of nitrogens with one attached hydrogen (secondary N) is 1. The predicted molar refractivity (Wildman–Crippen MR) is 89.3 cm³/mol. The number of hydrogen-bond acceptors (Lipinski definition) is 5. The fourth-order valence-corrected chi connectivity index (χ4v) is 3.06. The van der Waals surface area contributed by atoms with Crippen molar-refractivity contribution in [1.82, 2.24) is 10.4 Å². The van der Waals surface area contributed by atoms with Gasteiger partial charge in [-0.1, -0.05) is 12.1 Å². The number of carbonyl (C=O) groups excluding carboxylic acids is 2. The zero-order chi connectivity index (χ0) is 17.6. The van der Waals surface area contributed by atoms with E-state index in [0.29, 0.717) is 19.7 Å². The van der Waals surface area contributed by atoms with Crippen LogP contribution in [0.4, 0.5) is 0 Å². The van der Waals surface area contributed by atoms with E-state index in [1.807, 2.05) is 24.3 Å². The number of hydrogen-bond donors (Lipinski definition) is 1. The molecule has 0 radical (unpaired) electrons. The van der Waals surface area contributed by atoms with Gasteiger partial charge in [0, 0.05) is 32.5 Å². The topological polar surface area (TPSA) is 77.1 Å². The van der Waals surface area contributed by atoms with E-state index in [4.69, 9.17) is 14.3 Å². The molecule has 7 heteroatoms. The Bertz CT molecular complexity index is 598. The van der Waals surface area contributed by atoms with Crippen molar-refractivity contribution in [1.29, 1.82) is 0 Å². The molecule has 2 fully saturated rings. The van der Waals surface area contributed by atoms with Crippen LogP contribution in [0.25, 0.3) is 0 Å². The van der Waals surface area contributed by atoms with Gasteiger partial charge in [-0.05, 0) is 30.5 Å². The maximum atomic E-state index is 12.2. The van der Waals surface area contributed by atoms with Gasteiger partial charge in [0.2, 0.25) is 11.8 Å². The van der Waals surface area contributed by atoms with Gasteiger partial charge < -0.3 is 14.4 Å². The van der Waals surface area contributed by atoms with Crippen LogP contribution in [0.2, 0.25) is 0 Å². The van der Waals surface area contributed by atoms with Gasteiger partial charge in [-0.3, -0.25) is 9.59 Å². The molecule has 0 bridgehead atoms. The standard InChI is InChI=1S/C18H24N2O5/c1-23-15-7-5-13(6-8-15)11-20-12-14(10-16(20)21)18(22)19-25-17-4-2-3-9-24-17/h5-8,14,17H,2-4,9-12H2,1H3,(H,19,22)/t14-,17+/m0/s1. The molecular weight excluding hydrogens is 324 g/mol. The van der Waals surface area contributed by atoms with Crippen LogP contribution in [0, 0.1) is 5.92 Å². The van der Waals surface area contributed by atoms with Crippen LogP contribution in [0.3, 0.4) is 0 Å². The van der Waals surface area contributed by atoms with Crippen molar-refractivity contribution < 1.29 is 23.9 Å². The molecule has 2 amide bonds. The van der Waals surface area contributed by atoms with Gasteiger partial charge in [0.15, 0.2) is 6.29 Å². The molecule has 25 heavy (non-hydrogen) atoms. The lowest BCUT2D eigenvalue weighted by molar-refractivity contribution is -0.202. The summed E-state index contributed by atoms with van der Waals surface area (Å²) in [6, 6.07) is 7.56. The first-order valence-electron chi connectivity index (χ1n) is 8.63. The van der Waals surface area contributed by atoms with Crippen molar-refractivity contribution in [3.63, 3.8) is 0 Å². The fourth-order valence-electron chi connectivity index (χ4n) is 3.06. The van der Waals surface area contributed by atoms with E-state index in [1.165, 1.54) is 0 Å². The first kappa shape index (κ1) is 17.7. The molecule has 3 rings (SSSR count). The number of carbonyl (C=O) groups is 2. The number of likely N-dealkylation sites (tertiary alicyclic amines) is 1. The third-order valence-electron chi connectivity index (χ3n) is 4.55. The van der Waals surface area contributed by atoms with Crippen LogP contribution < -0.4 is 10.2 Å². The molecule has 2 aliphatic rings. The van der Waals surface area contributed by atoms with Crippen molar-refractivity contribution >= 4 is 11.8 Å². The monoisotopic (exact) mass is 348 g/mol. The van der Waals surface area contributed by atoms with Crippen LogP contribution in [0.5, 0.6) is 5.75 Å². The Morgan fingerprint density at radius 3 is 2.80 bits per heavy atom. The molecule has 1 N–H and O–H groups in total. The summed E-state index contributed by atoms with van der Waals surface area (Å²) < 4.78 is 10.5. The summed E-state index contributed by atoms with van der Waals surface area (Å²) in [7, 11) is 1.61. The molecule has 2 aliphatic heterocycles. The van der Waals surface area contributed by atoms with Crippen LogP contribution >= 0.6 is 0 Å². The number of ether oxygens (including phenoxy) is 2. The van der Waals surface area contributed by atoms with E-state index in [-0.39, 0.29) is 24.5 Å². The number of nitrogens with zero attached hydrogens (tertiary/aromatic N) is 1. The molecule has 1 aromatic rings. The summed E-state index contributed by atoms with van der Waals surface area (Å²) in [4.78, 5) is 31.4. The summed E-state index contributed by atoms with van der Waals surface area (Å²) >= 11 is 0. The van der Waals surface area contributed by atoms with Gasteiger partial charge in [0.25, 0.3) is 0 Å². The summed E-state index contributed by atoms with van der Waals surface area (Å²) in [5.74, 6) is 0.0924. The maximum Gasteiger partial charge on any atom is 0.249 e. The number of hydroxylamine groups is 1. The Morgan fingerprint density at radius 1 is 1.32 bits per heavy atom. The van der Waals surface area contributed by atoms with E-state index in [1.54, 1.807) is 12.0 Å². The normalized spacial score (nSPS) is 23.6. The zero-order valence-electron chi connectivity index (χ0n) is 14.4. The van der Waals surface area contributed by atoms with Gasteiger partial charge in [-0.25, -0.2) is 10.3 Å². The number of methoxy groups -OCH3 is 1. The van der Waals surface area contributed by atoms with Gasteiger partial charge in [0.05, 0.1) is 13.0 Å². The van der Waals surface area contributed by atoms with Crippen LogP contribution in [0.15, 0.2) is 24.3 Å². The van der Waals surface area contributed by atoms with Crippen molar-refractivity contribution in [2.45, 2.75) is 38.5 Å². The molecule has 0 spiro atoms. The second-order valence-corrected chi connectivity index (χ2v) is 6.40. The Hall–Kier alpha value is -2.12. The van der Waals surface area contributed by atoms with Gasteiger partial charge >= 0.3 is 0 Å². The summed E-state index contributed by atoms with van der Waals surface area (Å²) in [5, 5.41) is 0. The van der Waals surface area contributed by atoms with Gasteiger partial charge in [-0.2, -0.15) is 0 Å². The summed E-state index contributed by atoms with van der Waals surface area (Å²) in [6.45, 7) is 1.53. The second-order valence-electron chi connectivity index (χ2n) is 6.40.